The second-order valence-corrected chi connectivity index (χ2v) is 4.83. The zero-order valence-electron chi connectivity index (χ0n) is 11.1. The van der Waals surface area contributed by atoms with Gasteiger partial charge in [0, 0.05) is 18.8 Å². The van der Waals surface area contributed by atoms with Gasteiger partial charge >= 0.3 is 0 Å². The van der Waals surface area contributed by atoms with Crippen molar-refractivity contribution in [2.24, 2.45) is 0 Å². The van der Waals surface area contributed by atoms with Crippen molar-refractivity contribution in [1.82, 2.24) is 10.4 Å². The molecule has 0 atom stereocenters. The van der Waals surface area contributed by atoms with Gasteiger partial charge in [-0.2, -0.15) is 0 Å². The highest BCUT2D eigenvalue weighted by molar-refractivity contribution is 6.03. The van der Waals surface area contributed by atoms with Crippen LogP contribution in [-0.2, 0) is 4.74 Å². The topological polar surface area (TPSA) is 67.6 Å². The number of nitrogens with zero attached hydrogens (tertiary/aromatic N) is 1. The monoisotopic (exact) mass is 271 g/mol. The smallest absolute Gasteiger partial charge is 0.267 e. The third-order valence-electron chi connectivity index (χ3n) is 3.43. The number of nitrogens with two attached hydrogens (primary N) is 1. The number of hydrazine groups is 1. The van der Waals surface area contributed by atoms with Gasteiger partial charge in [0.2, 0.25) is 0 Å². The summed E-state index contributed by atoms with van der Waals surface area (Å²) in [6.45, 7) is 2.65. The summed E-state index contributed by atoms with van der Waals surface area (Å²) in [4.78, 5) is 12.3. The molecule has 3 rings (SSSR count). The van der Waals surface area contributed by atoms with Crippen LogP contribution in [0.15, 0.2) is 36.4 Å². The zero-order valence-corrected chi connectivity index (χ0v) is 11.1. The molecule has 0 bridgehead atoms. The summed E-state index contributed by atoms with van der Waals surface area (Å²) < 4.78 is 5.25. The zero-order chi connectivity index (χ0) is 13.9. The Bertz CT molecular complexity index is 636. The summed E-state index contributed by atoms with van der Waals surface area (Å²) in [5, 5.41) is 3.90. The van der Waals surface area contributed by atoms with Crippen LogP contribution in [0.5, 0.6) is 0 Å². The number of rotatable bonds is 2. The third-order valence-corrected chi connectivity index (χ3v) is 3.43. The van der Waals surface area contributed by atoms with E-state index in [2.05, 4.69) is 5.43 Å². The number of nitrogen functional groups attached to an aromatic ring is 1. The molecule has 5 heteroatoms. The van der Waals surface area contributed by atoms with E-state index in [1.54, 1.807) is 0 Å². The highest BCUT2D eigenvalue weighted by Gasteiger charge is 2.16. The van der Waals surface area contributed by atoms with Crippen LogP contribution in [0.3, 0.4) is 0 Å². The van der Waals surface area contributed by atoms with Gasteiger partial charge in [0.25, 0.3) is 5.91 Å². The van der Waals surface area contributed by atoms with Crippen LogP contribution in [0.2, 0.25) is 0 Å². The molecular formula is C15H17N3O2. The van der Waals surface area contributed by atoms with E-state index in [0.29, 0.717) is 37.6 Å². The summed E-state index contributed by atoms with van der Waals surface area (Å²) in [6, 6.07) is 11.5. The fourth-order valence-electron chi connectivity index (χ4n) is 2.33. The van der Waals surface area contributed by atoms with Gasteiger partial charge in [0.15, 0.2) is 0 Å². The number of ether oxygens (including phenoxy) is 1. The summed E-state index contributed by atoms with van der Waals surface area (Å²) in [5.41, 5.74) is 9.87. The van der Waals surface area contributed by atoms with Gasteiger partial charge in [0.05, 0.1) is 18.8 Å². The lowest BCUT2D eigenvalue weighted by Gasteiger charge is -2.27. The third kappa shape index (κ3) is 2.59. The minimum absolute atomic E-state index is 0.171. The maximum Gasteiger partial charge on any atom is 0.267 e. The number of fused-ring (bicyclic) bond motifs is 1. The van der Waals surface area contributed by atoms with Crippen LogP contribution >= 0.6 is 0 Å². The van der Waals surface area contributed by atoms with Gasteiger partial charge < -0.3 is 10.5 Å². The molecule has 0 aromatic heterocycles. The van der Waals surface area contributed by atoms with Crippen LogP contribution in [0.4, 0.5) is 5.69 Å². The minimum atomic E-state index is -0.171. The largest absolute Gasteiger partial charge is 0.398 e. The fraction of sp³-hybridized carbons (Fsp3) is 0.267. The minimum Gasteiger partial charge on any atom is -0.398 e. The Balaban J connectivity index is 1.84. The summed E-state index contributed by atoms with van der Waals surface area (Å²) in [6.07, 6.45) is 0. The van der Waals surface area contributed by atoms with Gasteiger partial charge in [0.1, 0.15) is 0 Å². The fourth-order valence-corrected chi connectivity index (χ4v) is 2.33. The van der Waals surface area contributed by atoms with E-state index in [1.807, 2.05) is 41.4 Å². The highest BCUT2D eigenvalue weighted by Crippen LogP contribution is 2.21. The average Bonchev–Trinajstić information content (AvgIpc) is 2.47. The molecule has 1 aliphatic heterocycles. The molecule has 20 heavy (non-hydrogen) atoms. The molecule has 104 valence electrons. The van der Waals surface area contributed by atoms with Gasteiger partial charge in [-0.05, 0) is 22.9 Å². The molecule has 0 unspecified atom stereocenters. The molecule has 0 radical (unpaired) electrons. The predicted octanol–water partition coefficient (Wildman–Crippen LogP) is 1.40. The number of amides is 1. The Morgan fingerprint density at radius 2 is 1.80 bits per heavy atom. The van der Waals surface area contributed by atoms with E-state index in [9.17, 15) is 4.79 Å². The van der Waals surface area contributed by atoms with Crippen LogP contribution in [0, 0.1) is 0 Å². The van der Waals surface area contributed by atoms with Crippen LogP contribution in [0.1, 0.15) is 10.4 Å². The molecule has 1 aliphatic rings. The first-order valence-electron chi connectivity index (χ1n) is 6.66. The van der Waals surface area contributed by atoms with Crippen LogP contribution in [-0.4, -0.2) is 37.2 Å². The van der Waals surface area contributed by atoms with Crippen molar-refractivity contribution in [1.29, 1.82) is 0 Å². The second-order valence-electron chi connectivity index (χ2n) is 4.83. The van der Waals surface area contributed by atoms with Gasteiger partial charge in [-0.1, -0.05) is 24.3 Å². The molecular weight excluding hydrogens is 254 g/mol. The van der Waals surface area contributed by atoms with Crippen molar-refractivity contribution in [3.63, 3.8) is 0 Å². The number of nitrogens with one attached hydrogen (secondary N) is 1. The van der Waals surface area contributed by atoms with Crippen molar-refractivity contribution in [3.05, 3.63) is 42.0 Å². The summed E-state index contributed by atoms with van der Waals surface area (Å²) in [7, 11) is 0. The van der Waals surface area contributed by atoms with E-state index < -0.39 is 0 Å². The first-order valence-corrected chi connectivity index (χ1v) is 6.66. The highest BCUT2D eigenvalue weighted by atomic mass is 16.5. The first-order chi connectivity index (χ1) is 9.74. The van der Waals surface area contributed by atoms with Crippen LogP contribution < -0.4 is 11.2 Å². The Kier molecular flexibility index (Phi) is 3.54. The number of carbonyl (C=O) groups is 1. The maximum atomic E-state index is 12.3. The molecule has 1 amide bonds. The Hall–Kier alpha value is -2.11. The van der Waals surface area contributed by atoms with Gasteiger partial charge in [-0.15, -0.1) is 0 Å². The molecule has 5 nitrogen and oxygen atoms in total. The lowest BCUT2D eigenvalue weighted by Crippen LogP contribution is -2.48. The summed E-state index contributed by atoms with van der Waals surface area (Å²) >= 11 is 0. The molecule has 1 heterocycles. The number of hydrogen-bond donors (Lipinski definition) is 2. The van der Waals surface area contributed by atoms with Crippen molar-refractivity contribution in [3.8, 4) is 0 Å². The number of hydrogen-bond acceptors (Lipinski definition) is 4. The molecule has 1 saturated heterocycles. The number of carbonyl (C=O) groups excluding carboxylic acids is 1. The first kappa shape index (κ1) is 12.9. The maximum absolute atomic E-state index is 12.3. The van der Waals surface area contributed by atoms with E-state index in [4.69, 9.17) is 10.5 Å². The van der Waals surface area contributed by atoms with E-state index >= 15 is 0 Å². The SMILES string of the molecule is Nc1cc2ccccc2cc1C(=O)NN1CCOCC1. The Labute approximate surface area is 117 Å². The van der Waals surface area contributed by atoms with E-state index in [0.717, 1.165) is 10.8 Å². The van der Waals surface area contributed by atoms with Gasteiger partial charge in [-0.3, -0.25) is 10.2 Å². The molecule has 3 N–H and O–H groups in total. The molecule has 1 fully saturated rings. The van der Waals surface area contributed by atoms with Crippen LogP contribution in [0.25, 0.3) is 10.8 Å². The quantitative estimate of drug-likeness (QED) is 0.810. The molecule has 2 aromatic carbocycles. The van der Waals surface area contributed by atoms with Crippen molar-refractivity contribution in [2.45, 2.75) is 0 Å². The standard InChI is InChI=1S/C15H17N3O2/c16-14-10-12-4-2-1-3-11(12)9-13(14)15(19)17-18-5-7-20-8-6-18/h1-4,9-10H,5-8,16H2,(H,17,19). The predicted molar refractivity (Wildman–Crippen MR) is 78.2 cm³/mol. The van der Waals surface area contributed by atoms with Crippen molar-refractivity contribution >= 4 is 22.4 Å². The number of benzene rings is 2. The number of morpholine rings is 1. The van der Waals surface area contributed by atoms with Crippen molar-refractivity contribution < 1.29 is 9.53 Å². The van der Waals surface area contributed by atoms with Gasteiger partial charge in [-0.25, -0.2) is 5.01 Å². The Morgan fingerprint density at radius 3 is 2.50 bits per heavy atom. The summed E-state index contributed by atoms with van der Waals surface area (Å²) in [5.74, 6) is -0.171. The molecule has 0 spiro atoms. The Morgan fingerprint density at radius 1 is 1.15 bits per heavy atom. The van der Waals surface area contributed by atoms with E-state index in [1.165, 1.54) is 0 Å². The lowest BCUT2D eigenvalue weighted by atomic mass is 10.0. The van der Waals surface area contributed by atoms with Crippen molar-refractivity contribution in [2.75, 3.05) is 32.0 Å². The average molecular weight is 271 g/mol. The molecule has 2 aromatic rings. The number of anilines is 1. The lowest BCUT2D eigenvalue weighted by molar-refractivity contribution is 0.0126. The molecule has 0 aliphatic carbocycles. The molecule has 0 saturated carbocycles. The second kappa shape index (κ2) is 5.48. The normalized spacial score (nSPS) is 16.2. The van der Waals surface area contributed by atoms with E-state index in [-0.39, 0.29) is 5.91 Å².